The number of nitrogen functional groups attached to an aromatic ring is 1. The number of rotatable bonds is 1. The van der Waals surface area contributed by atoms with Crippen molar-refractivity contribution in [2.45, 2.75) is 40.0 Å². The van der Waals surface area contributed by atoms with Gasteiger partial charge in [0.1, 0.15) is 5.82 Å². The van der Waals surface area contributed by atoms with Crippen molar-refractivity contribution in [3.63, 3.8) is 0 Å². The molecule has 1 aliphatic carbocycles. The Balaban J connectivity index is 2.04. The largest absolute Gasteiger partial charge is 0.382 e. The summed E-state index contributed by atoms with van der Waals surface area (Å²) in [5.41, 5.74) is 12.3. The average Bonchev–Trinajstić information content (AvgIpc) is 2.87. The van der Waals surface area contributed by atoms with Crippen LogP contribution >= 0.6 is 0 Å². The number of anilines is 1. The Kier molecular flexibility index (Phi) is 3.17. The normalized spacial score (nSPS) is 16.3. The second-order valence-corrected chi connectivity index (χ2v) is 7.55. The van der Waals surface area contributed by atoms with Gasteiger partial charge >= 0.3 is 0 Å². The number of H-pyrrole nitrogens is 1. The quantitative estimate of drug-likeness (QED) is 0.706. The van der Waals surface area contributed by atoms with Crippen LogP contribution in [0.15, 0.2) is 18.2 Å². The molecule has 0 amide bonds. The molecule has 3 N–H and O–H groups in total. The standard InChI is InChI=1S/C19H21FN4/c1-10-8-11(20)4-5-12(10)16-13-6-7-19(2,3)9-14(13)15-17(21)23-24-18(15)22-16/h4-5,8H,6-7,9H2,1-3H3,(H3,21,22,23,24). The molecular weight excluding hydrogens is 303 g/mol. The van der Waals surface area contributed by atoms with Crippen molar-refractivity contribution in [1.29, 1.82) is 0 Å². The smallest absolute Gasteiger partial charge is 0.158 e. The van der Waals surface area contributed by atoms with E-state index in [9.17, 15) is 4.39 Å². The summed E-state index contributed by atoms with van der Waals surface area (Å²) in [7, 11) is 0. The van der Waals surface area contributed by atoms with Crippen LogP contribution in [-0.4, -0.2) is 15.2 Å². The number of benzene rings is 1. The van der Waals surface area contributed by atoms with Crippen molar-refractivity contribution in [1.82, 2.24) is 15.2 Å². The number of nitrogens with zero attached hydrogens (tertiary/aromatic N) is 2. The number of aromatic amines is 1. The Morgan fingerprint density at radius 2 is 2.04 bits per heavy atom. The van der Waals surface area contributed by atoms with Gasteiger partial charge in [-0.1, -0.05) is 13.8 Å². The fourth-order valence-corrected chi connectivity index (χ4v) is 3.81. The van der Waals surface area contributed by atoms with Gasteiger partial charge in [0.15, 0.2) is 11.5 Å². The first-order valence-corrected chi connectivity index (χ1v) is 8.27. The molecule has 0 radical (unpaired) electrons. The minimum absolute atomic E-state index is 0.222. The van der Waals surface area contributed by atoms with Gasteiger partial charge in [0.25, 0.3) is 0 Å². The topological polar surface area (TPSA) is 67.6 Å². The number of pyridine rings is 1. The van der Waals surface area contributed by atoms with Gasteiger partial charge < -0.3 is 5.73 Å². The van der Waals surface area contributed by atoms with Crippen molar-refractivity contribution in [2.75, 3.05) is 5.73 Å². The highest BCUT2D eigenvalue weighted by Crippen LogP contribution is 2.42. The zero-order valence-electron chi connectivity index (χ0n) is 14.2. The van der Waals surface area contributed by atoms with Crippen LogP contribution in [-0.2, 0) is 12.8 Å². The molecule has 5 heteroatoms. The van der Waals surface area contributed by atoms with E-state index in [1.165, 1.54) is 17.2 Å². The first-order valence-electron chi connectivity index (χ1n) is 8.27. The van der Waals surface area contributed by atoms with Crippen LogP contribution in [0, 0.1) is 18.2 Å². The molecule has 4 nitrogen and oxygen atoms in total. The molecule has 0 atom stereocenters. The number of nitrogens with one attached hydrogen (secondary N) is 1. The number of aromatic nitrogens is 3. The van der Waals surface area contributed by atoms with Crippen molar-refractivity contribution < 1.29 is 4.39 Å². The van der Waals surface area contributed by atoms with Gasteiger partial charge in [0.2, 0.25) is 0 Å². The van der Waals surface area contributed by atoms with E-state index in [4.69, 9.17) is 10.7 Å². The second kappa shape index (κ2) is 5.03. The summed E-state index contributed by atoms with van der Waals surface area (Å²) < 4.78 is 13.5. The molecule has 3 aromatic rings. The summed E-state index contributed by atoms with van der Waals surface area (Å²) in [5, 5.41) is 8.04. The van der Waals surface area contributed by atoms with E-state index in [1.807, 2.05) is 13.0 Å². The molecule has 4 rings (SSSR count). The summed E-state index contributed by atoms with van der Waals surface area (Å²) >= 11 is 0. The third kappa shape index (κ3) is 2.27. The molecule has 124 valence electrons. The van der Waals surface area contributed by atoms with E-state index in [2.05, 4.69) is 24.0 Å². The van der Waals surface area contributed by atoms with E-state index in [0.717, 1.165) is 41.5 Å². The van der Waals surface area contributed by atoms with Gasteiger partial charge in [-0.2, -0.15) is 5.10 Å². The molecule has 0 fully saturated rings. The Morgan fingerprint density at radius 1 is 1.25 bits per heavy atom. The molecule has 1 aliphatic rings. The highest BCUT2D eigenvalue weighted by Gasteiger charge is 2.31. The molecule has 0 aliphatic heterocycles. The van der Waals surface area contributed by atoms with Crippen molar-refractivity contribution >= 4 is 16.9 Å². The maximum absolute atomic E-state index is 13.5. The highest BCUT2D eigenvalue weighted by molar-refractivity contribution is 5.93. The lowest BCUT2D eigenvalue weighted by molar-refractivity contribution is 0.317. The molecule has 0 unspecified atom stereocenters. The average molecular weight is 324 g/mol. The Morgan fingerprint density at radius 3 is 2.79 bits per heavy atom. The van der Waals surface area contributed by atoms with Crippen LogP contribution in [0.5, 0.6) is 0 Å². The minimum atomic E-state index is -0.224. The maximum atomic E-state index is 13.5. The third-order valence-corrected chi connectivity index (χ3v) is 5.10. The lowest BCUT2D eigenvalue weighted by Crippen LogP contribution is -2.23. The number of halogens is 1. The fraction of sp³-hybridized carbons (Fsp3) is 0.368. The minimum Gasteiger partial charge on any atom is -0.382 e. The van der Waals surface area contributed by atoms with Crippen molar-refractivity contribution in [2.24, 2.45) is 5.41 Å². The molecule has 2 heterocycles. The lowest BCUT2D eigenvalue weighted by Gasteiger charge is -2.32. The Hall–Kier alpha value is -2.43. The van der Waals surface area contributed by atoms with Crippen LogP contribution in [0.3, 0.4) is 0 Å². The van der Waals surface area contributed by atoms with E-state index in [0.29, 0.717) is 11.5 Å². The van der Waals surface area contributed by atoms with Gasteiger partial charge in [-0.05, 0) is 66.5 Å². The van der Waals surface area contributed by atoms with Crippen LogP contribution in [0.1, 0.15) is 37.0 Å². The van der Waals surface area contributed by atoms with Gasteiger partial charge in [-0.25, -0.2) is 9.37 Å². The first-order chi connectivity index (χ1) is 11.4. The summed E-state index contributed by atoms with van der Waals surface area (Å²) in [6.07, 6.45) is 2.98. The van der Waals surface area contributed by atoms with Gasteiger partial charge in [0, 0.05) is 5.56 Å². The number of nitrogens with two attached hydrogens (primary N) is 1. The van der Waals surface area contributed by atoms with Crippen LogP contribution in [0.4, 0.5) is 10.2 Å². The first kappa shape index (κ1) is 15.1. The Bertz CT molecular complexity index is 956. The number of hydrogen-bond acceptors (Lipinski definition) is 3. The molecule has 0 saturated carbocycles. The molecule has 0 spiro atoms. The van der Waals surface area contributed by atoms with Crippen LogP contribution in [0.2, 0.25) is 0 Å². The highest BCUT2D eigenvalue weighted by atomic mass is 19.1. The third-order valence-electron chi connectivity index (χ3n) is 5.10. The zero-order chi connectivity index (χ0) is 17.1. The Labute approximate surface area is 140 Å². The molecule has 0 bridgehead atoms. The summed E-state index contributed by atoms with van der Waals surface area (Å²) in [6.45, 7) is 6.48. The predicted molar refractivity (Wildman–Crippen MR) is 94.2 cm³/mol. The van der Waals surface area contributed by atoms with Crippen LogP contribution < -0.4 is 5.73 Å². The van der Waals surface area contributed by atoms with E-state index < -0.39 is 0 Å². The lowest BCUT2D eigenvalue weighted by atomic mass is 9.73. The monoisotopic (exact) mass is 324 g/mol. The number of aryl methyl sites for hydroxylation is 1. The molecule has 1 aromatic carbocycles. The van der Waals surface area contributed by atoms with Crippen molar-refractivity contribution in [3.05, 3.63) is 40.7 Å². The van der Waals surface area contributed by atoms with E-state index in [1.54, 1.807) is 6.07 Å². The van der Waals surface area contributed by atoms with Gasteiger partial charge in [-0.15, -0.1) is 0 Å². The second-order valence-electron chi connectivity index (χ2n) is 7.55. The fourth-order valence-electron chi connectivity index (χ4n) is 3.81. The SMILES string of the molecule is Cc1cc(F)ccc1-c1nc2[nH]nc(N)c2c2c1CCC(C)(C)C2. The van der Waals surface area contributed by atoms with Gasteiger partial charge in [-0.3, -0.25) is 5.10 Å². The van der Waals surface area contributed by atoms with E-state index in [-0.39, 0.29) is 11.2 Å². The zero-order valence-corrected chi connectivity index (χ0v) is 14.2. The van der Waals surface area contributed by atoms with Gasteiger partial charge in [0.05, 0.1) is 11.1 Å². The molecule has 0 saturated heterocycles. The summed E-state index contributed by atoms with van der Waals surface area (Å²) in [6, 6.07) is 4.87. The summed E-state index contributed by atoms with van der Waals surface area (Å²) in [4.78, 5) is 4.80. The van der Waals surface area contributed by atoms with E-state index >= 15 is 0 Å². The molecule has 24 heavy (non-hydrogen) atoms. The number of fused-ring (bicyclic) bond motifs is 3. The predicted octanol–water partition coefficient (Wildman–Crippen LogP) is 4.17. The molecular formula is C19H21FN4. The molecule has 2 aromatic heterocycles. The maximum Gasteiger partial charge on any atom is 0.158 e. The van der Waals surface area contributed by atoms with Crippen LogP contribution in [0.25, 0.3) is 22.3 Å². The van der Waals surface area contributed by atoms with Crippen molar-refractivity contribution in [3.8, 4) is 11.3 Å². The number of hydrogen-bond donors (Lipinski definition) is 2. The summed E-state index contributed by atoms with van der Waals surface area (Å²) in [5.74, 6) is 0.284.